The maximum absolute atomic E-state index is 11.4. The van der Waals surface area contributed by atoms with Crippen LogP contribution in [-0.2, 0) is 4.79 Å². The summed E-state index contributed by atoms with van der Waals surface area (Å²) in [4.78, 5) is 13.2. The van der Waals surface area contributed by atoms with Crippen LogP contribution in [0.1, 0.15) is 32.6 Å². The fraction of sp³-hybridized carbons (Fsp3) is 0.900. The second-order valence-corrected chi connectivity index (χ2v) is 4.43. The maximum Gasteiger partial charge on any atom is 0.225 e. The average Bonchev–Trinajstić information content (AvgIpc) is 2.77. The minimum Gasteiger partial charge on any atom is -0.391 e. The summed E-state index contributed by atoms with van der Waals surface area (Å²) in [5, 5.41) is 9.31. The minimum absolute atomic E-state index is 0.126. The number of rotatable bonds is 3. The van der Waals surface area contributed by atoms with Crippen molar-refractivity contribution in [1.29, 1.82) is 0 Å². The van der Waals surface area contributed by atoms with Crippen LogP contribution in [-0.4, -0.2) is 34.6 Å². The summed E-state index contributed by atoms with van der Waals surface area (Å²) >= 11 is 0. The summed E-state index contributed by atoms with van der Waals surface area (Å²) in [6, 6.07) is 0.331. The van der Waals surface area contributed by atoms with Gasteiger partial charge in [-0.15, -0.1) is 0 Å². The van der Waals surface area contributed by atoms with Gasteiger partial charge in [0.1, 0.15) is 0 Å². The molecule has 1 saturated heterocycles. The Morgan fingerprint density at radius 1 is 1.62 bits per heavy atom. The van der Waals surface area contributed by atoms with Gasteiger partial charge in [0.05, 0.1) is 12.5 Å². The first-order chi connectivity index (χ1) is 6.16. The molecule has 0 aromatic carbocycles. The smallest absolute Gasteiger partial charge is 0.225 e. The Bertz CT molecular complexity index is 213. The molecule has 0 aromatic rings. The SMILES string of the molecule is CC(CC1CC1)N1CC(O)CC1=O. The fourth-order valence-corrected chi connectivity index (χ4v) is 2.10. The van der Waals surface area contributed by atoms with E-state index in [2.05, 4.69) is 6.92 Å². The van der Waals surface area contributed by atoms with Crippen molar-refractivity contribution in [2.75, 3.05) is 6.54 Å². The molecule has 0 bridgehead atoms. The number of hydrogen-bond donors (Lipinski definition) is 1. The Morgan fingerprint density at radius 3 is 2.77 bits per heavy atom. The van der Waals surface area contributed by atoms with Crippen molar-refractivity contribution in [3.63, 3.8) is 0 Å². The van der Waals surface area contributed by atoms with Crippen molar-refractivity contribution in [3.05, 3.63) is 0 Å². The molecular formula is C10H17NO2. The first kappa shape index (κ1) is 9.00. The van der Waals surface area contributed by atoms with E-state index in [1.807, 2.05) is 4.90 Å². The van der Waals surface area contributed by atoms with Crippen molar-refractivity contribution in [3.8, 4) is 0 Å². The van der Waals surface area contributed by atoms with Crippen LogP contribution in [0.15, 0.2) is 0 Å². The third-order valence-corrected chi connectivity index (χ3v) is 3.04. The Morgan fingerprint density at radius 2 is 2.31 bits per heavy atom. The van der Waals surface area contributed by atoms with E-state index in [1.54, 1.807) is 0 Å². The van der Waals surface area contributed by atoms with Gasteiger partial charge in [0.25, 0.3) is 0 Å². The summed E-state index contributed by atoms with van der Waals surface area (Å²) in [5.41, 5.74) is 0. The number of carbonyl (C=O) groups is 1. The second-order valence-electron chi connectivity index (χ2n) is 4.43. The normalized spacial score (nSPS) is 31.1. The number of amides is 1. The summed E-state index contributed by atoms with van der Waals surface area (Å²) in [6.45, 7) is 2.64. The number of nitrogens with zero attached hydrogens (tertiary/aromatic N) is 1. The lowest BCUT2D eigenvalue weighted by atomic mass is 10.1. The number of aliphatic hydroxyl groups is 1. The number of carbonyl (C=O) groups excluding carboxylic acids is 1. The topological polar surface area (TPSA) is 40.5 Å². The van der Waals surface area contributed by atoms with Crippen molar-refractivity contribution in [2.24, 2.45) is 5.92 Å². The molecule has 2 unspecified atom stereocenters. The monoisotopic (exact) mass is 183 g/mol. The zero-order valence-corrected chi connectivity index (χ0v) is 8.07. The Labute approximate surface area is 78.7 Å². The minimum atomic E-state index is -0.422. The highest BCUT2D eigenvalue weighted by atomic mass is 16.3. The molecule has 1 saturated carbocycles. The first-order valence-electron chi connectivity index (χ1n) is 5.14. The summed E-state index contributed by atoms with van der Waals surface area (Å²) in [6.07, 6.45) is 3.69. The van der Waals surface area contributed by atoms with Gasteiger partial charge in [-0.3, -0.25) is 4.79 Å². The Hall–Kier alpha value is -0.570. The number of aliphatic hydroxyl groups excluding tert-OH is 1. The predicted molar refractivity (Wildman–Crippen MR) is 49.1 cm³/mol. The third-order valence-electron chi connectivity index (χ3n) is 3.04. The van der Waals surface area contributed by atoms with Gasteiger partial charge in [-0.2, -0.15) is 0 Å². The molecule has 1 heterocycles. The van der Waals surface area contributed by atoms with Crippen LogP contribution in [0.3, 0.4) is 0 Å². The molecular weight excluding hydrogens is 166 g/mol. The van der Waals surface area contributed by atoms with Gasteiger partial charge in [0.2, 0.25) is 5.91 Å². The van der Waals surface area contributed by atoms with Crippen LogP contribution in [0.5, 0.6) is 0 Å². The fourth-order valence-electron chi connectivity index (χ4n) is 2.10. The maximum atomic E-state index is 11.4. The van der Waals surface area contributed by atoms with E-state index in [1.165, 1.54) is 12.8 Å². The Balaban J connectivity index is 1.87. The van der Waals surface area contributed by atoms with E-state index < -0.39 is 6.10 Å². The largest absolute Gasteiger partial charge is 0.391 e. The van der Waals surface area contributed by atoms with Crippen molar-refractivity contribution in [1.82, 2.24) is 4.90 Å². The van der Waals surface area contributed by atoms with Crippen LogP contribution >= 0.6 is 0 Å². The zero-order chi connectivity index (χ0) is 9.42. The van der Waals surface area contributed by atoms with Gasteiger partial charge in [0, 0.05) is 12.6 Å². The van der Waals surface area contributed by atoms with Gasteiger partial charge < -0.3 is 10.0 Å². The zero-order valence-electron chi connectivity index (χ0n) is 8.07. The quantitative estimate of drug-likeness (QED) is 0.702. The van der Waals surface area contributed by atoms with Gasteiger partial charge in [-0.1, -0.05) is 12.8 Å². The molecule has 1 aliphatic heterocycles. The standard InChI is InChI=1S/C10H17NO2/c1-7(4-8-2-3-8)11-6-9(12)5-10(11)13/h7-9,12H,2-6H2,1H3. The molecule has 1 amide bonds. The van der Waals surface area contributed by atoms with Crippen molar-refractivity contribution >= 4 is 5.91 Å². The van der Waals surface area contributed by atoms with Crippen LogP contribution in [0.25, 0.3) is 0 Å². The van der Waals surface area contributed by atoms with Crippen LogP contribution in [0.2, 0.25) is 0 Å². The number of β-amino-alcohol motifs (C(OH)–C–C–N with tert-alkyl or cyclic N) is 1. The summed E-state index contributed by atoms with van der Waals surface area (Å²) < 4.78 is 0. The highest BCUT2D eigenvalue weighted by Crippen LogP contribution is 2.35. The molecule has 2 fully saturated rings. The molecule has 3 heteroatoms. The second kappa shape index (κ2) is 3.29. The van der Waals surface area contributed by atoms with Crippen molar-refractivity contribution in [2.45, 2.75) is 44.8 Å². The van der Waals surface area contributed by atoms with E-state index in [9.17, 15) is 9.90 Å². The van der Waals surface area contributed by atoms with Crippen LogP contribution in [0, 0.1) is 5.92 Å². The first-order valence-corrected chi connectivity index (χ1v) is 5.14. The van der Waals surface area contributed by atoms with E-state index in [0.717, 1.165) is 12.3 Å². The number of hydrogen-bond acceptors (Lipinski definition) is 2. The molecule has 13 heavy (non-hydrogen) atoms. The lowest BCUT2D eigenvalue weighted by Gasteiger charge is -2.24. The van der Waals surface area contributed by atoms with E-state index in [0.29, 0.717) is 19.0 Å². The molecule has 1 aliphatic carbocycles. The summed E-state index contributed by atoms with van der Waals surface area (Å²) in [7, 11) is 0. The molecule has 0 spiro atoms. The van der Waals surface area contributed by atoms with Gasteiger partial charge in [-0.25, -0.2) is 0 Å². The van der Waals surface area contributed by atoms with Crippen molar-refractivity contribution < 1.29 is 9.90 Å². The van der Waals surface area contributed by atoms with Gasteiger partial charge in [0.15, 0.2) is 0 Å². The molecule has 2 rings (SSSR count). The lowest BCUT2D eigenvalue weighted by Crippen LogP contribution is -2.35. The van der Waals surface area contributed by atoms with Gasteiger partial charge in [-0.05, 0) is 19.3 Å². The predicted octanol–water partition coefficient (Wildman–Crippen LogP) is 0.768. The van der Waals surface area contributed by atoms with E-state index >= 15 is 0 Å². The average molecular weight is 183 g/mol. The van der Waals surface area contributed by atoms with Gasteiger partial charge >= 0.3 is 0 Å². The third kappa shape index (κ3) is 2.02. The Kier molecular flexibility index (Phi) is 2.28. The number of likely N-dealkylation sites (tertiary alicyclic amines) is 1. The van der Waals surface area contributed by atoms with E-state index in [-0.39, 0.29) is 5.91 Å². The molecule has 3 nitrogen and oxygen atoms in total. The van der Waals surface area contributed by atoms with E-state index in [4.69, 9.17) is 0 Å². The molecule has 1 N–H and O–H groups in total. The summed E-state index contributed by atoms with van der Waals surface area (Å²) in [5.74, 6) is 0.973. The van der Waals surface area contributed by atoms with Crippen LogP contribution in [0.4, 0.5) is 0 Å². The highest BCUT2D eigenvalue weighted by Gasteiger charge is 2.34. The molecule has 0 aromatic heterocycles. The molecule has 0 radical (unpaired) electrons. The highest BCUT2D eigenvalue weighted by molar-refractivity contribution is 5.79. The molecule has 2 aliphatic rings. The molecule has 74 valence electrons. The lowest BCUT2D eigenvalue weighted by molar-refractivity contribution is -0.129. The molecule has 2 atom stereocenters. The van der Waals surface area contributed by atoms with Crippen LogP contribution < -0.4 is 0 Å².